The lowest BCUT2D eigenvalue weighted by Gasteiger charge is -2.17. The fourth-order valence-electron chi connectivity index (χ4n) is 2.93. The van der Waals surface area contributed by atoms with E-state index in [2.05, 4.69) is 20.4 Å². The summed E-state index contributed by atoms with van der Waals surface area (Å²) < 4.78 is 10.4. The lowest BCUT2D eigenvalue weighted by Crippen LogP contribution is -2.34. The zero-order chi connectivity index (χ0) is 17.3. The van der Waals surface area contributed by atoms with Crippen molar-refractivity contribution >= 4 is 34.8 Å². The molecule has 0 atom stereocenters. The molecule has 3 N–H and O–H groups in total. The Morgan fingerprint density at radius 1 is 1.35 bits per heavy atom. The van der Waals surface area contributed by atoms with Gasteiger partial charge in [0.1, 0.15) is 0 Å². The van der Waals surface area contributed by atoms with Gasteiger partial charge in [-0.05, 0) is 25.0 Å². The van der Waals surface area contributed by atoms with Crippen LogP contribution in [-0.2, 0) is 12.0 Å². The van der Waals surface area contributed by atoms with E-state index in [1.807, 2.05) is 5.38 Å². The van der Waals surface area contributed by atoms with Crippen LogP contribution in [0, 0.1) is 0 Å². The number of rotatable bonds is 5. The minimum atomic E-state index is -0.466. The highest BCUT2D eigenvalue weighted by molar-refractivity contribution is 7.13. The zero-order valence-corrected chi connectivity index (χ0v) is 15.4. The molecule has 1 aliphatic rings. The molecule has 0 bridgehead atoms. The first kappa shape index (κ1) is 18.6. The van der Waals surface area contributed by atoms with E-state index in [0.717, 1.165) is 31.4 Å². The number of carbonyl (C=O) groups is 1. The van der Waals surface area contributed by atoms with E-state index in [1.165, 1.54) is 17.6 Å². The third kappa shape index (κ3) is 3.79. The molecule has 4 rings (SSSR count). The van der Waals surface area contributed by atoms with Gasteiger partial charge in [-0.1, -0.05) is 18.0 Å². The van der Waals surface area contributed by atoms with Gasteiger partial charge in [-0.15, -0.1) is 23.7 Å². The number of nitrogens with zero attached hydrogens (tertiary/aromatic N) is 3. The number of nitrogens with two attached hydrogens (primary N) is 1. The van der Waals surface area contributed by atoms with Crippen molar-refractivity contribution in [3.63, 3.8) is 0 Å². The number of aromatic nitrogens is 3. The van der Waals surface area contributed by atoms with Gasteiger partial charge in [0.25, 0.3) is 5.91 Å². The molecule has 0 radical (unpaired) electrons. The van der Waals surface area contributed by atoms with Crippen molar-refractivity contribution < 1.29 is 13.7 Å². The second kappa shape index (κ2) is 7.56. The fourth-order valence-corrected chi connectivity index (χ4v) is 3.63. The van der Waals surface area contributed by atoms with E-state index in [-0.39, 0.29) is 24.1 Å². The zero-order valence-electron chi connectivity index (χ0n) is 13.8. The van der Waals surface area contributed by atoms with Crippen molar-refractivity contribution in [3.05, 3.63) is 46.9 Å². The van der Waals surface area contributed by atoms with Crippen molar-refractivity contribution in [3.8, 4) is 0 Å². The third-order valence-electron chi connectivity index (χ3n) is 4.26. The van der Waals surface area contributed by atoms with Crippen molar-refractivity contribution in [1.29, 1.82) is 0 Å². The number of carbonyl (C=O) groups excluding carboxylic acids is 1. The van der Waals surface area contributed by atoms with Crippen molar-refractivity contribution in [2.75, 3.05) is 5.32 Å². The Labute approximate surface area is 159 Å². The van der Waals surface area contributed by atoms with Crippen LogP contribution in [0.2, 0.25) is 0 Å². The molecule has 3 aromatic rings. The molecule has 1 fully saturated rings. The average molecular weight is 396 g/mol. The molecule has 3 aromatic heterocycles. The molecule has 0 aliphatic heterocycles. The molecule has 0 aromatic carbocycles. The number of hydrogen-bond acceptors (Lipinski definition) is 8. The van der Waals surface area contributed by atoms with E-state index in [4.69, 9.17) is 14.7 Å². The average Bonchev–Trinajstić information content (AvgIpc) is 3.35. The second-order valence-electron chi connectivity index (χ2n) is 6.13. The molecule has 138 valence electrons. The SMILES string of the molecule is Cl.NC1(c2noc(Cc3csc(NC(=O)c4ccco4)n3)n2)CCCC1. The Morgan fingerprint density at radius 3 is 2.88 bits per heavy atom. The van der Waals surface area contributed by atoms with Gasteiger partial charge >= 0.3 is 0 Å². The van der Waals surface area contributed by atoms with Gasteiger partial charge in [0.15, 0.2) is 16.7 Å². The Morgan fingerprint density at radius 2 is 2.15 bits per heavy atom. The quantitative estimate of drug-likeness (QED) is 0.680. The summed E-state index contributed by atoms with van der Waals surface area (Å²) in [5.74, 6) is 0.947. The maximum Gasteiger partial charge on any atom is 0.293 e. The first-order valence-electron chi connectivity index (χ1n) is 8.04. The number of amides is 1. The standard InChI is InChI=1S/C16H17N5O3S.ClH/c17-16(5-1-2-6-16)14-19-12(24-21-14)8-10-9-25-15(18-10)20-13(22)11-4-3-7-23-11;/h3-4,7,9H,1-2,5-6,8,17H2,(H,18,20,22);1H. The van der Waals surface area contributed by atoms with Crippen LogP contribution in [0.3, 0.4) is 0 Å². The lowest BCUT2D eigenvalue weighted by molar-refractivity contribution is 0.0996. The van der Waals surface area contributed by atoms with E-state index in [0.29, 0.717) is 23.3 Å². The summed E-state index contributed by atoms with van der Waals surface area (Å²) in [6, 6.07) is 3.25. The summed E-state index contributed by atoms with van der Waals surface area (Å²) in [4.78, 5) is 20.7. The smallest absolute Gasteiger partial charge is 0.293 e. The summed E-state index contributed by atoms with van der Waals surface area (Å²) in [7, 11) is 0. The molecule has 1 aliphatic carbocycles. The van der Waals surface area contributed by atoms with E-state index >= 15 is 0 Å². The van der Waals surface area contributed by atoms with Crippen molar-refractivity contribution in [2.45, 2.75) is 37.6 Å². The molecular formula is C16H18ClN5O3S. The van der Waals surface area contributed by atoms with E-state index in [1.54, 1.807) is 12.1 Å². The predicted molar refractivity (Wildman–Crippen MR) is 97.5 cm³/mol. The van der Waals surface area contributed by atoms with Gasteiger partial charge in [-0.25, -0.2) is 4.98 Å². The van der Waals surface area contributed by atoms with Crippen LogP contribution in [0.15, 0.2) is 32.7 Å². The number of nitrogens with one attached hydrogen (secondary N) is 1. The molecule has 10 heteroatoms. The summed E-state index contributed by atoms with van der Waals surface area (Å²) in [6.07, 6.45) is 5.79. The first-order valence-corrected chi connectivity index (χ1v) is 8.92. The maximum atomic E-state index is 11.9. The highest BCUT2D eigenvalue weighted by atomic mass is 35.5. The van der Waals surface area contributed by atoms with Crippen LogP contribution in [0.25, 0.3) is 0 Å². The van der Waals surface area contributed by atoms with Gasteiger partial charge in [0, 0.05) is 5.38 Å². The Balaban J connectivity index is 0.00000196. The van der Waals surface area contributed by atoms with Crippen LogP contribution in [-0.4, -0.2) is 21.0 Å². The molecule has 0 saturated heterocycles. The molecule has 3 heterocycles. The molecule has 1 saturated carbocycles. The molecular weight excluding hydrogens is 378 g/mol. The third-order valence-corrected chi connectivity index (χ3v) is 5.07. The van der Waals surface area contributed by atoms with E-state index in [9.17, 15) is 4.79 Å². The van der Waals surface area contributed by atoms with Crippen LogP contribution in [0.5, 0.6) is 0 Å². The molecule has 1 amide bonds. The Bertz CT molecular complexity index is 870. The number of hydrogen-bond donors (Lipinski definition) is 2. The summed E-state index contributed by atoms with van der Waals surface area (Å²) in [6.45, 7) is 0. The molecule has 26 heavy (non-hydrogen) atoms. The van der Waals surface area contributed by atoms with Crippen LogP contribution in [0.1, 0.15) is 53.6 Å². The highest BCUT2D eigenvalue weighted by Crippen LogP contribution is 2.34. The van der Waals surface area contributed by atoms with Gasteiger partial charge in [-0.2, -0.15) is 4.98 Å². The Hall–Kier alpha value is -2.23. The summed E-state index contributed by atoms with van der Waals surface area (Å²) >= 11 is 1.33. The van der Waals surface area contributed by atoms with Crippen LogP contribution >= 0.6 is 23.7 Å². The van der Waals surface area contributed by atoms with Gasteiger partial charge < -0.3 is 14.7 Å². The number of anilines is 1. The lowest BCUT2D eigenvalue weighted by atomic mass is 9.99. The first-order chi connectivity index (χ1) is 12.1. The summed E-state index contributed by atoms with van der Waals surface area (Å²) in [5.41, 5.74) is 6.61. The van der Waals surface area contributed by atoms with Crippen molar-refractivity contribution in [1.82, 2.24) is 15.1 Å². The maximum absolute atomic E-state index is 11.9. The summed E-state index contributed by atoms with van der Waals surface area (Å²) in [5, 5.41) is 9.06. The minimum absolute atomic E-state index is 0. The van der Waals surface area contributed by atoms with Crippen molar-refractivity contribution in [2.24, 2.45) is 5.73 Å². The molecule has 0 unspecified atom stereocenters. The normalized spacial score (nSPS) is 15.6. The Kier molecular flexibility index (Phi) is 5.40. The number of halogens is 1. The fraction of sp³-hybridized carbons (Fsp3) is 0.375. The minimum Gasteiger partial charge on any atom is -0.459 e. The second-order valence-corrected chi connectivity index (χ2v) is 6.99. The van der Waals surface area contributed by atoms with E-state index < -0.39 is 5.54 Å². The topological polar surface area (TPSA) is 120 Å². The largest absolute Gasteiger partial charge is 0.459 e. The number of furan rings is 1. The van der Waals surface area contributed by atoms with Crippen LogP contribution < -0.4 is 11.1 Å². The molecule has 0 spiro atoms. The monoisotopic (exact) mass is 395 g/mol. The van der Waals surface area contributed by atoms with Gasteiger partial charge in [0.2, 0.25) is 5.89 Å². The number of thiazole rings is 1. The van der Waals surface area contributed by atoms with Gasteiger partial charge in [-0.3, -0.25) is 10.1 Å². The van der Waals surface area contributed by atoms with Crippen LogP contribution in [0.4, 0.5) is 5.13 Å². The molecule has 8 nitrogen and oxygen atoms in total. The highest BCUT2D eigenvalue weighted by Gasteiger charge is 2.35. The van der Waals surface area contributed by atoms with Gasteiger partial charge in [0.05, 0.1) is 23.9 Å². The predicted octanol–water partition coefficient (Wildman–Crippen LogP) is 3.11.